The molecule has 17 heavy (non-hydrogen) atoms. The first-order chi connectivity index (χ1) is 8.22. The van der Waals surface area contributed by atoms with Crippen molar-refractivity contribution in [3.8, 4) is 5.75 Å². The molecule has 1 atom stereocenters. The van der Waals surface area contributed by atoms with Gasteiger partial charge in [0.15, 0.2) is 0 Å². The zero-order valence-corrected chi connectivity index (χ0v) is 11.8. The van der Waals surface area contributed by atoms with Crippen molar-refractivity contribution >= 4 is 27.3 Å². The van der Waals surface area contributed by atoms with Crippen molar-refractivity contribution in [1.82, 2.24) is 4.98 Å². The zero-order chi connectivity index (χ0) is 12.3. The van der Waals surface area contributed by atoms with Crippen molar-refractivity contribution < 1.29 is 4.74 Å². The number of nitrogens with two attached hydrogens (primary N) is 1. The molecular formula is C12H13BrN2OS. The largest absolute Gasteiger partial charge is 0.495 e. The fourth-order valence-electron chi connectivity index (χ4n) is 1.65. The Bertz CT molecular complexity index is 501. The van der Waals surface area contributed by atoms with Gasteiger partial charge < -0.3 is 10.5 Å². The molecule has 2 rings (SSSR count). The van der Waals surface area contributed by atoms with Gasteiger partial charge in [0.2, 0.25) is 0 Å². The van der Waals surface area contributed by atoms with Crippen LogP contribution in [0.2, 0.25) is 0 Å². The van der Waals surface area contributed by atoms with E-state index in [1.807, 2.05) is 12.1 Å². The first kappa shape index (κ1) is 12.5. The molecule has 1 unspecified atom stereocenters. The summed E-state index contributed by atoms with van der Waals surface area (Å²) in [5, 5.41) is 2.05. The molecule has 0 fully saturated rings. The minimum Gasteiger partial charge on any atom is -0.495 e. The maximum Gasteiger partial charge on any atom is 0.141 e. The predicted octanol–water partition coefficient (Wildman–Crippen LogP) is 3.16. The van der Waals surface area contributed by atoms with E-state index in [9.17, 15) is 0 Å². The summed E-state index contributed by atoms with van der Waals surface area (Å²) in [6.45, 7) is 0. The number of thiophene rings is 1. The summed E-state index contributed by atoms with van der Waals surface area (Å²) in [6.07, 6.45) is 4.22. The number of aromatic nitrogens is 1. The molecule has 0 bridgehead atoms. The van der Waals surface area contributed by atoms with Crippen LogP contribution in [0.1, 0.15) is 16.5 Å². The maximum absolute atomic E-state index is 6.21. The van der Waals surface area contributed by atoms with Crippen LogP contribution in [0.5, 0.6) is 5.75 Å². The van der Waals surface area contributed by atoms with Crippen molar-refractivity contribution in [1.29, 1.82) is 0 Å². The SMILES string of the molecule is COc1cnccc1C(N)Cc1sccc1Br. The lowest BCUT2D eigenvalue weighted by Gasteiger charge is -2.14. The lowest BCUT2D eigenvalue weighted by Crippen LogP contribution is -2.14. The Balaban J connectivity index is 2.20. The molecule has 5 heteroatoms. The van der Waals surface area contributed by atoms with E-state index in [1.54, 1.807) is 30.8 Å². The van der Waals surface area contributed by atoms with Crippen molar-refractivity contribution in [2.45, 2.75) is 12.5 Å². The Kier molecular flexibility index (Phi) is 4.15. The summed E-state index contributed by atoms with van der Waals surface area (Å²) in [5.74, 6) is 0.743. The van der Waals surface area contributed by atoms with Crippen LogP contribution < -0.4 is 10.5 Å². The molecule has 0 saturated heterocycles. The standard InChI is InChI=1S/C12H13BrN2OS/c1-16-11-7-15-4-2-8(11)10(14)6-12-9(13)3-5-17-12/h2-5,7,10H,6,14H2,1H3. The van der Waals surface area contributed by atoms with Crippen molar-refractivity contribution in [2.75, 3.05) is 7.11 Å². The van der Waals surface area contributed by atoms with Gasteiger partial charge in [-0.05, 0) is 33.4 Å². The van der Waals surface area contributed by atoms with Crippen molar-refractivity contribution in [2.24, 2.45) is 5.73 Å². The average Bonchev–Trinajstić information content (AvgIpc) is 2.75. The smallest absolute Gasteiger partial charge is 0.141 e. The van der Waals surface area contributed by atoms with Gasteiger partial charge in [0.1, 0.15) is 5.75 Å². The van der Waals surface area contributed by atoms with Gasteiger partial charge in [-0.1, -0.05) is 0 Å². The Morgan fingerprint density at radius 1 is 1.53 bits per heavy atom. The van der Waals surface area contributed by atoms with E-state index in [1.165, 1.54) is 4.88 Å². The van der Waals surface area contributed by atoms with Gasteiger partial charge in [-0.3, -0.25) is 4.98 Å². The molecule has 2 aromatic rings. The lowest BCUT2D eigenvalue weighted by atomic mass is 10.0. The summed E-state index contributed by atoms with van der Waals surface area (Å²) < 4.78 is 6.38. The van der Waals surface area contributed by atoms with Crippen LogP contribution in [0.25, 0.3) is 0 Å². The highest BCUT2D eigenvalue weighted by Crippen LogP contribution is 2.30. The van der Waals surface area contributed by atoms with E-state index in [0.717, 1.165) is 22.2 Å². The summed E-state index contributed by atoms with van der Waals surface area (Å²) in [5.41, 5.74) is 7.20. The number of halogens is 1. The van der Waals surface area contributed by atoms with E-state index in [-0.39, 0.29) is 6.04 Å². The lowest BCUT2D eigenvalue weighted by molar-refractivity contribution is 0.403. The molecule has 0 radical (unpaired) electrons. The topological polar surface area (TPSA) is 48.1 Å². The van der Waals surface area contributed by atoms with Gasteiger partial charge in [-0.25, -0.2) is 0 Å². The number of methoxy groups -OCH3 is 1. The number of hydrogen-bond acceptors (Lipinski definition) is 4. The van der Waals surface area contributed by atoms with Gasteiger partial charge in [0, 0.05) is 33.6 Å². The molecule has 0 aliphatic rings. The van der Waals surface area contributed by atoms with Crippen molar-refractivity contribution in [3.63, 3.8) is 0 Å². The number of nitrogens with zero attached hydrogens (tertiary/aromatic N) is 1. The van der Waals surface area contributed by atoms with Crippen LogP contribution in [0.4, 0.5) is 0 Å². The van der Waals surface area contributed by atoms with E-state index < -0.39 is 0 Å². The number of hydrogen-bond donors (Lipinski definition) is 1. The zero-order valence-electron chi connectivity index (χ0n) is 9.39. The predicted molar refractivity (Wildman–Crippen MR) is 73.4 cm³/mol. The average molecular weight is 313 g/mol. The fraction of sp³-hybridized carbons (Fsp3) is 0.250. The number of pyridine rings is 1. The monoisotopic (exact) mass is 312 g/mol. The second-order valence-electron chi connectivity index (χ2n) is 3.62. The molecule has 0 aliphatic carbocycles. The highest BCUT2D eigenvalue weighted by molar-refractivity contribution is 9.10. The normalized spacial score (nSPS) is 12.4. The van der Waals surface area contributed by atoms with Crippen LogP contribution in [-0.2, 0) is 6.42 Å². The van der Waals surface area contributed by atoms with E-state index >= 15 is 0 Å². The van der Waals surface area contributed by atoms with Crippen LogP contribution in [-0.4, -0.2) is 12.1 Å². The molecule has 0 aromatic carbocycles. The van der Waals surface area contributed by atoms with E-state index in [4.69, 9.17) is 10.5 Å². The fourth-order valence-corrected chi connectivity index (χ4v) is 3.22. The molecule has 3 nitrogen and oxygen atoms in total. The van der Waals surface area contributed by atoms with Gasteiger partial charge in [-0.2, -0.15) is 0 Å². The van der Waals surface area contributed by atoms with E-state index in [0.29, 0.717) is 0 Å². The van der Waals surface area contributed by atoms with E-state index in [2.05, 4.69) is 26.3 Å². The minimum atomic E-state index is -0.0806. The van der Waals surface area contributed by atoms with Crippen LogP contribution in [0.15, 0.2) is 34.4 Å². The first-order valence-corrected chi connectivity index (χ1v) is 6.85. The second-order valence-corrected chi connectivity index (χ2v) is 5.47. The third-order valence-electron chi connectivity index (χ3n) is 2.53. The molecule has 2 heterocycles. The highest BCUT2D eigenvalue weighted by atomic mass is 79.9. The molecule has 0 amide bonds. The molecule has 0 saturated carbocycles. The van der Waals surface area contributed by atoms with Crippen LogP contribution >= 0.6 is 27.3 Å². The molecule has 0 aliphatic heterocycles. The van der Waals surface area contributed by atoms with Gasteiger partial charge in [0.05, 0.1) is 13.3 Å². The third kappa shape index (κ3) is 2.86. The second kappa shape index (κ2) is 5.62. The minimum absolute atomic E-state index is 0.0806. The molecular weight excluding hydrogens is 300 g/mol. The highest BCUT2D eigenvalue weighted by Gasteiger charge is 2.14. The van der Waals surface area contributed by atoms with Crippen LogP contribution in [0, 0.1) is 0 Å². The number of rotatable bonds is 4. The number of ether oxygens (including phenoxy) is 1. The Labute approximate surface area is 113 Å². The summed E-state index contributed by atoms with van der Waals surface area (Å²) in [7, 11) is 1.63. The molecule has 2 aromatic heterocycles. The van der Waals surface area contributed by atoms with Gasteiger partial charge in [-0.15, -0.1) is 11.3 Å². The summed E-state index contributed by atoms with van der Waals surface area (Å²) in [6, 6.07) is 3.87. The van der Waals surface area contributed by atoms with Gasteiger partial charge in [0.25, 0.3) is 0 Å². The molecule has 0 spiro atoms. The van der Waals surface area contributed by atoms with Crippen LogP contribution in [0.3, 0.4) is 0 Å². The van der Waals surface area contributed by atoms with Crippen molar-refractivity contribution in [3.05, 3.63) is 44.8 Å². The third-order valence-corrected chi connectivity index (χ3v) is 4.48. The first-order valence-electron chi connectivity index (χ1n) is 5.17. The molecule has 2 N–H and O–H groups in total. The Morgan fingerprint density at radius 2 is 2.35 bits per heavy atom. The summed E-state index contributed by atoms with van der Waals surface area (Å²) in [4.78, 5) is 5.27. The van der Waals surface area contributed by atoms with Gasteiger partial charge >= 0.3 is 0 Å². The Morgan fingerprint density at radius 3 is 3.00 bits per heavy atom. The summed E-state index contributed by atoms with van der Waals surface area (Å²) >= 11 is 5.22. The Hall–Kier alpha value is -0.910. The maximum atomic E-state index is 6.21. The quantitative estimate of drug-likeness (QED) is 0.943. The molecule has 90 valence electrons.